The molecule has 0 heterocycles. The van der Waals surface area contributed by atoms with E-state index in [9.17, 15) is 0 Å². The summed E-state index contributed by atoms with van der Waals surface area (Å²) in [4.78, 5) is 7.64. The summed E-state index contributed by atoms with van der Waals surface area (Å²) in [6, 6.07) is 5.26. The fourth-order valence-corrected chi connectivity index (χ4v) is 1.24. The van der Waals surface area contributed by atoms with Gasteiger partial charge in [-0.1, -0.05) is 12.7 Å². The van der Waals surface area contributed by atoms with Crippen LogP contribution in [0.1, 0.15) is 5.56 Å². The quantitative estimate of drug-likeness (QED) is 0.523. The summed E-state index contributed by atoms with van der Waals surface area (Å²) in [6.07, 6.45) is 1.66. The third-order valence-electron chi connectivity index (χ3n) is 1.92. The van der Waals surface area contributed by atoms with Gasteiger partial charge >= 0.3 is 0 Å². The highest BCUT2D eigenvalue weighted by Gasteiger charge is 2.01. The van der Waals surface area contributed by atoms with Gasteiger partial charge in [0.2, 0.25) is 5.96 Å². The van der Waals surface area contributed by atoms with Gasteiger partial charge in [0.25, 0.3) is 0 Å². The monoisotopic (exact) mass is 233 g/mol. The lowest BCUT2D eigenvalue weighted by atomic mass is 10.2. The number of hydrogen-bond donors (Lipinski definition) is 3. The predicted molar refractivity (Wildman–Crippen MR) is 70.2 cm³/mol. The van der Waals surface area contributed by atoms with E-state index in [-0.39, 0.29) is 11.9 Å². The molecular weight excluding hydrogens is 218 g/mol. The molecule has 6 N–H and O–H groups in total. The van der Waals surface area contributed by atoms with Crippen molar-refractivity contribution in [3.05, 3.63) is 30.3 Å². The molecule has 1 aromatic rings. The van der Waals surface area contributed by atoms with Gasteiger partial charge in [0.1, 0.15) is 5.75 Å². The van der Waals surface area contributed by atoms with Crippen LogP contribution in [0.5, 0.6) is 5.75 Å². The minimum Gasteiger partial charge on any atom is -0.496 e. The van der Waals surface area contributed by atoms with Gasteiger partial charge in [-0.2, -0.15) is 4.99 Å². The second-order valence-corrected chi connectivity index (χ2v) is 3.14. The number of hydrogen-bond acceptors (Lipinski definition) is 2. The van der Waals surface area contributed by atoms with Crippen LogP contribution < -0.4 is 21.9 Å². The number of aliphatic imine (C=N–C) groups is 2. The Labute approximate surface area is 99.5 Å². The molecule has 6 heteroatoms. The molecule has 0 aromatic heterocycles. The first-order chi connectivity index (χ1) is 8.06. The standard InChI is InChI=1S/C11H15N5O/c1-3-7-6-8(4-5-9(7)17-2)15-11(14)16-10(12)13/h3-6H,1H2,2H3,(H6,12,13,14,15,16). The van der Waals surface area contributed by atoms with Gasteiger partial charge < -0.3 is 21.9 Å². The topological polar surface area (TPSA) is 112 Å². The average Bonchev–Trinajstić information content (AvgIpc) is 2.27. The van der Waals surface area contributed by atoms with Crippen LogP contribution in [0.15, 0.2) is 34.8 Å². The van der Waals surface area contributed by atoms with Crippen molar-refractivity contribution in [3.63, 3.8) is 0 Å². The smallest absolute Gasteiger partial charge is 0.223 e. The van der Waals surface area contributed by atoms with Crippen molar-refractivity contribution in [2.45, 2.75) is 0 Å². The van der Waals surface area contributed by atoms with Crippen LogP contribution in [-0.4, -0.2) is 19.0 Å². The van der Waals surface area contributed by atoms with Crippen LogP contribution in [0.2, 0.25) is 0 Å². The first-order valence-corrected chi connectivity index (χ1v) is 4.81. The molecule has 0 unspecified atom stereocenters. The average molecular weight is 233 g/mol. The van der Waals surface area contributed by atoms with Crippen LogP contribution in [0.3, 0.4) is 0 Å². The highest BCUT2D eigenvalue weighted by molar-refractivity contribution is 5.93. The summed E-state index contributed by atoms with van der Waals surface area (Å²) in [7, 11) is 1.58. The molecule has 0 aliphatic carbocycles. The molecule has 0 radical (unpaired) electrons. The van der Waals surface area contributed by atoms with Crippen molar-refractivity contribution in [3.8, 4) is 5.75 Å². The van der Waals surface area contributed by atoms with Gasteiger partial charge in [-0.3, -0.25) is 0 Å². The lowest BCUT2D eigenvalue weighted by Gasteiger charge is -2.05. The molecule has 6 nitrogen and oxygen atoms in total. The Balaban J connectivity index is 3.09. The van der Waals surface area contributed by atoms with E-state index in [4.69, 9.17) is 21.9 Å². The molecule has 1 aromatic carbocycles. The molecule has 0 aliphatic rings. The van der Waals surface area contributed by atoms with E-state index in [2.05, 4.69) is 16.6 Å². The molecule has 17 heavy (non-hydrogen) atoms. The summed E-state index contributed by atoms with van der Waals surface area (Å²) >= 11 is 0. The zero-order valence-corrected chi connectivity index (χ0v) is 9.55. The summed E-state index contributed by atoms with van der Waals surface area (Å²) in [6.45, 7) is 3.68. The molecule has 0 saturated heterocycles. The molecule has 0 amide bonds. The minimum atomic E-state index is -0.135. The normalized spacial score (nSPS) is 10.8. The first-order valence-electron chi connectivity index (χ1n) is 4.81. The maximum absolute atomic E-state index is 5.51. The highest BCUT2D eigenvalue weighted by atomic mass is 16.5. The second kappa shape index (κ2) is 5.55. The SMILES string of the molecule is C=Cc1cc(N=C(N)N=C(N)N)ccc1OC. The molecule has 0 bridgehead atoms. The van der Waals surface area contributed by atoms with E-state index < -0.39 is 0 Å². The van der Waals surface area contributed by atoms with Crippen LogP contribution in [0, 0.1) is 0 Å². The van der Waals surface area contributed by atoms with Crippen molar-refractivity contribution in [1.29, 1.82) is 0 Å². The summed E-state index contributed by atoms with van der Waals surface area (Å²) in [5, 5.41) is 0. The maximum atomic E-state index is 5.51. The first kappa shape index (κ1) is 12.6. The van der Waals surface area contributed by atoms with Crippen molar-refractivity contribution < 1.29 is 4.74 Å². The fourth-order valence-electron chi connectivity index (χ4n) is 1.24. The lowest BCUT2D eigenvalue weighted by molar-refractivity contribution is 0.414. The molecule has 0 spiro atoms. The molecule has 1 rings (SSSR count). The molecule has 0 fully saturated rings. The van der Waals surface area contributed by atoms with Gasteiger partial charge in [-0.15, -0.1) is 0 Å². The van der Waals surface area contributed by atoms with Gasteiger partial charge in [0.15, 0.2) is 5.96 Å². The number of guanidine groups is 2. The Morgan fingerprint density at radius 2 is 2.06 bits per heavy atom. The molecular formula is C11H15N5O. The van der Waals surface area contributed by atoms with Crippen molar-refractivity contribution >= 4 is 23.7 Å². The predicted octanol–water partition coefficient (Wildman–Crippen LogP) is 0.558. The van der Waals surface area contributed by atoms with Crippen LogP contribution >= 0.6 is 0 Å². The Morgan fingerprint density at radius 3 is 2.59 bits per heavy atom. The largest absolute Gasteiger partial charge is 0.496 e. The van der Waals surface area contributed by atoms with Gasteiger partial charge in [-0.25, -0.2) is 4.99 Å². The van der Waals surface area contributed by atoms with Crippen LogP contribution in [0.4, 0.5) is 5.69 Å². The summed E-state index contributed by atoms with van der Waals surface area (Å²) in [5.74, 6) is 0.563. The zero-order valence-electron chi connectivity index (χ0n) is 9.55. The third kappa shape index (κ3) is 3.53. The van der Waals surface area contributed by atoms with Crippen molar-refractivity contribution in [1.82, 2.24) is 0 Å². The number of rotatable bonds is 3. The Morgan fingerprint density at radius 1 is 1.35 bits per heavy atom. The summed E-state index contributed by atoms with van der Waals surface area (Å²) < 4.78 is 5.14. The Hall–Kier alpha value is -2.50. The van der Waals surface area contributed by atoms with E-state index in [0.29, 0.717) is 11.4 Å². The molecule has 0 atom stereocenters. The second-order valence-electron chi connectivity index (χ2n) is 3.14. The molecule has 0 saturated carbocycles. The number of ether oxygens (including phenoxy) is 1. The van der Waals surface area contributed by atoms with Crippen LogP contribution in [-0.2, 0) is 0 Å². The van der Waals surface area contributed by atoms with E-state index in [1.165, 1.54) is 0 Å². The van der Waals surface area contributed by atoms with E-state index in [1.54, 1.807) is 31.4 Å². The van der Waals surface area contributed by atoms with Crippen molar-refractivity contribution in [2.75, 3.05) is 7.11 Å². The minimum absolute atomic E-state index is 0.00909. The van der Waals surface area contributed by atoms with Crippen LogP contribution in [0.25, 0.3) is 6.08 Å². The highest BCUT2D eigenvalue weighted by Crippen LogP contribution is 2.25. The van der Waals surface area contributed by atoms with E-state index in [0.717, 1.165) is 5.56 Å². The van der Waals surface area contributed by atoms with Gasteiger partial charge in [0, 0.05) is 5.56 Å². The van der Waals surface area contributed by atoms with E-state index >= 15 is 0 Å². The third-order valence-corrected chi connectivity index (χ3v) is 1.92. The lowest BCUT2D eigenvalue weighted by Crippen LogP contribution is -2.26. The maximum Gasteiger partial charge on any atom is 0.223 e. The number of benzene rings is 1. The summed E-state index contributed by atoms with van der Waals surface area (Å²) in [5.41, 5.74) is 17.3. The van der Waals surface area contributed by atoms with Crippen molar-refractivity contribution in [2.24, 2.45) is 27.2 Å². The fraction of sp³-hybridized carbons (Fsp3) is 0.0909. The van der Waals surface area contributed by atoms with Gasteiger partial charge in [0.05, 0.1) is 12.8 Å². The number of methoxy groups -OCH3 is 1. The Bertz CT molecular complexity index is 475. The zero-order chi connectivity index (χ0) is 12.8. The van der Waals surface area contributed by atoms with Gasteiger partial charge in [-0.05, 0) is 18.2 Å². The van der Waals surface area contributed by atoms with E-state index in [1.807, 2.05) is 0 Å². The number of nitrogens with two attached hydrogens (primary N) is 3. The molecule has 0 aliphatic heterocycles. The molecule has 90 valence electrons. The number of nitrogens with zero attached hydrogens (tertiary/aromatic N) is 2. The Kier molecular flexibility index (Phi) is 4.10.